The summed E-state index contributed by atoms with van der Waals surface area (Å²) in [5, 5.41) is -0.556. The third-order valence-electron chi connectivity index (χ3n) is 6.47. The zero-order valence-electron chi connectivity index (χ0n) is 19.5. The number of rotatable bonds is 13. The molecule has 13 nitrogen and oxygen atoms in total. The molecule has 6 fully saturated rings. The zero-order chi connectivity index (χ0) is 24.9. The molecule has 0 radical (unpaired) electrons. The van der Waals surface area contributed by atoms with Gasteiger partial charge in [0.1, 0.15) is 0 Å². The summed E-state index contributed by atoms with van der Waals surface area (Å²) in [7, 11) is -5.52. The molecule has 6 saturated heterocycles. The van der Waals surface area contributed by atoms with Gasteiger partial charge in [0.05, 0.1) is 0 Å². The molecular formula is C18H31O13P3. The molecule has 0 amide bonds. The van der Waals surface area contributed by atoms with Gasteiger partial charge in [0.25, 0.3) is 0 Å². The Hall–Kier alpha value is -0.740. The van der Waals surface area contributed by atoms with Crippen LogP contribution >= 0.6 is 23.0 Å². The molecule has 34 heavy (non-hydrogen) atoms. The van der Waals surface area contributed by atoms with E-state index in [-0.39, 0.29) is 25.2 Å². The average molecular weight is 548 g/mol. The van der Waals surface area contributed by atoms with Gasteiger partial charge in [-0.05, 0) is 0 Å². The van der Waals surface area contributed by atoms with Crippen molar-refractivity contribution in [3.05, 3.63) is 0 Å². The van der Waals surface area contributed by atoms with E-state index in [2.05, 4.69) is 0 Å². The van der Waals surface area contributed by atoms with Crippen LogP contribution in [0.5, 0.6) is 0 Å². The molecule has 196 valence electrons. The van der Waals surface area contributed by atoms with Gasteiger partial charge in [-0.1, -0.05) is 0 Å². The first-order valence-electron chi connectivity index (χ1n) is 10.8. The van der Waals surface area contributed by atoms with E-state index >= 15 is 0 Å². The van der Waals surface area contributed by atoms with Gasteiger partial charge in [-0.3, -0.25) is 0 Å². The van der Waals surface area contributed by atoms with Gasteiger partial charge in [0.2, 0.25) is 0 Å². The van der Waals surface area contributed by atoms with Gasteiger partial charge in [-0.15, -0.1) is 0 Å². The van der Waals surface area contributed by atoms with Crippen molar-refractivity contribution < 1.29 is 60.3 Å². The fraction of sp³-hybridized carbons (Fsp3) is 0.833. The fourth-order valence-corrected chi connectivity index (χ4v) is 16.6. The molecule has 6 aliphatic heterocycles. The quantitative estimate of drug-likeness (QED) is 0.188. The van der Waals surface area contributed by atoms with Crippen LogP contribution in [-0.2, 0) is 60.3 Å². The van der Waals surface area contributed by atoms with Gasteiger partial charge in [-0.25, -0.2) is 0 Å². The van der Waals surface area contributed by atoms with E-state index in [0.717, 1.165) is 0 Å². The van der Waals surface area contributed by atoms with Crippen LogP contribution in [0.3, 0.4) is 0 Å². The van der Waals surface area contributed by atoms with Crippen LogP contribution in [0.1, 0.15) is 19.8 Å². The van der Waals surface area contributed by atoms with Crippen molar-refractivity contribution in [1.29, 1.82) is 0 Å². The first kappa shape index (κ1) is 26.3. The van der Waals surface area contributed by atoms with Crippen LogP contribution in [0.4, 0.5) is 0 Å². The first-order chi connectivity index (χ1) is 16.0. The summed E-state index contributed by atoms with van der Waals surface area (Å²) in [6.07, 6.45) is 0.104. The minimum absolute atomic E-state index is 0.00846. The van der Waals surface area contributed by atoms with E-state index < -0.39 is 77.0 Å². The Labute approximate surface area is 197 Å². The van der Waals surface area contributed by atoms with Gasteiger partial charge in [-0.2, -0.15) is 0 Å². The van der Waals surface area contributed by atoms with E-state index in [4.69, 9.17) is 41.4 Å². The van der Waals surface area contributed by atoms with Crippen molar-refractivity contribution >= 4 is 40.9 Å². The maximum absolute atomic E-state index is 13.8. The number of hydrogen-bond acceptors (Lipinski definition) is 13. The molecule has 0 aromatic carbocycles. The summed E-state index contributed by atoms with van der Waals surface area (Å²) in [6, 6.07) is 0. The topological polar surface area (TPSA) is 151 Å². The van der Waals surface area contributed by atoms with E-state index in [1.165, 1.54) is 21.3 Å². The fourth-order valence-electron chi connectivity index (χ4n) is 4.65. The minimum atomic E-state index is -3.08. The second kappa shape index (κ2) is 9.61. The first-order valence-corrected chi connectivity index (χ1v) is 16.9. The standard InChI is InChI=1S/C18H31O13P3/c1-10(14(19)23-2)6-11(15(20)24-3)7-12(16(21)25-4)8-32(5,22)9-13(33-26-17(27-33)28-33)34-29-18(30-34)31-34/h10-13,17-18,33-34H,6-9H2,1-5H3. The van der Waals surface area contributed by atoms with Crippen LogP contribution in [0.2, 0.25) is 0 Å². The molecule has 0 aromatic heterocycles. The van der Waals surface area contributed by atoms with Crippen molar-refractivity contribution in [3.8, 4) is 0 Å². The molecule has 6 heterocycles. The molecular weight excluding hydrogens is 517 g/mol. The Morgan fingerprint density at radius 3 is 1.59 bits per heavy atom. The summed E-state index contributed by atoms with van der Waals surface area (Å²) < 4.78 is 61.9. The van der Waals surface area contributed by atoms with Crippen LogP contribution in [0, 0.1) is 17.8 Å². The van der Waals surface area contributed by atoms with E-state index in [9.17, 15) is 18.9 Å². The van der Waals surface area contributed by atoms with Crippen molar-refractivity contribution in [1.82, 2.24) is 0 Å². The van der Waals surface area contributed by atoms with Crippen molar-refractivity contribution in [3.63, 3.8) is 0 Å². The van der Waals surface area contributed by atoms with Crippen molar-refractivity contribution in [2.75, 3.05) is 40.3 Å². The summed E-state index contributed by atoms with van der Waals surface area (Å²) in [4.78, 5) is 36.9. The Morgan fingerprint density at radius 1 is 0.765 bits per heavy atom. The molecule has 6 rings (SSSR count). The third kappa shape index (κ3) is 4.80. The van der Waals surface area contributed by atoms with E-state index in [1.807, 2.05) is 0 Å². The number of esters is 3. The number of ether oxygens (including phenoxy) is 3. The summed E-state index contributed by atoms with van der Waals surface area (Å²) in [6.45, 7) is 1.77. The van der Waals surface area contributed by atoms with Gasteiger partial charge < -0.3 is 0 Å². The second-order valence-electron chi connectivity index (χ2n) is 9.04. The predicted molar refractivity (Wildman–Crippen MR) is 119 cm³/mol. The van der Waals surface area contributed by atoms with Crippen LogP contribution in [0.15, 0.2) is 0 Å². The molecule has 0 spiro atoms. The van der Waals surface area contributed by atoms with Crippen LogP contribution in [-0.4, -0.2) is 76.6 Å². The Kier molecular flexibility index (Phi) is 7.44. The Balaban J connectivity index is 1.46. The second-order valence-corrected chi connectivity index (χ2v) is 18.2. The molecule has 16 heteroatoms. The van der Waals surface area contributed by atoms with Gasteiger partial charge in [0.15, 0.2) is 0 Å². The van der Waals surface area contributed by atoms with Crippen molar-refractivity contribution in [2.24, 2.45) is 17.8 Å². The molecule has 4 unspecified atom stereocenters. The number of carbonyl (C=O) groups excluding carboxylic acids is 3. The summed E-state index contributed by atoms with van der Waals surface area (Å²) >= 11 is 0. The molecule has 0 N–H and O–H groups in total. The number of hydrogen-bond donors (Lipinski definition) is 0. The maximum atomic E-state index is 13.8. The Bertz CT molecular complexity index is 836. The number of carbonyl (C=O) groups is 3. The molecule has 4 bridgehead atoms. The van der Waals surface area contributed by atoms with Crippen LogP contribution < -0.4 is 0 Å². The van der Waals surface area contributed by atoms with E-state index in [0.29, 0.717) is 0 Å². The summed E-state index contributed by atoms with van der Waals surface area (Å²) in [5.74, 6) is -3.97. The average Bonchev–Trinajstić information content (AvgIpc) is 2.65. The zero-order valence-corrected chi connectivity index (χ0v) is 22.4. The molecule has 6 aliphatic rings. The predicted octanol–water partition coefficient (Wildman–Crippen LogP) is 2.18. The monoisotopic (exact) mass is 548 g/mol. The van der Waals surface area contributed by atoms with Gasteiger partial charge in [0, 0.05) is 0 Å². The molecule has 0 saturated carbocycles. The SMILES string of the molecule is COC(=O)C(C)CC(CC(CP(C)(=O)CC([PH]12OC(O1)O2)[PH]12OC(O1)O2)C(=O)OC)C(=O)OC. The Morgan fingerprint density at radius 2 is 1.21 bits per heavy atom. The third-order valence-corrected chi connectivity index (χ3v) is 16.9. The van der Waals surface area contributed by atoms with Crippen molar-refractivity contribution in [2.45, 2.75) is 38.1 Å². The summed E-state index contributed by atoms with van der Waals surface area (Å²) in [5.41, 5.74) is 0. The van der Waals surface area contributed by atoms with E-state index in [1.54, 1.807) is 13.6 Å². The molecule has 0 aromatic rings. The molecule has 0 aliphatic carbocycles. The number of methoxy groups -OCH3 is 3. The normalized spacial score (nSPS) is 31.7. The molecule has 4 atom stereocenters. The van der Waals surface area contributed by atoms with Crippen LogP contribution in [0.25, 0.3) is 0 Å². The van der Waals surface area contributed by atoms with Gasteiger partial charge >= 0.3 is 197 Å².